The summed E-state index contributed by atoms with van der Waals surface area (Å²) < 4.78 is 31.3. The summed E-state index contributed by atoms with van der Waals surface area (Å²) in [7, 11) is -1.56. The minimum Gasteiger partial charge on any atom is -0.385 e. The summed E-state index contributed by atoms with van der Waals surface area (Å²) in [5, 5.41) is 0. The number of methoxy groups -OCH3 is 1. The molecule has 0 aliphatic heterocycles. The second-order valence-corrected chi connectivity index (χ2v) is 6.89. The first-order valence-corrected chi connectivity index (χ1v) is 8.41. The van der Waals surface area contributed by atoms with Crippen LogP contribution in [-0.2, 0) is 14.8 Å². The van der Waals surface area contributed by atoms with Crippen LogP contribution in [0.25, 0.3) is 0 Å². The van der Waals surface area contributed by atoms with Gasteiger partial charge in [0, 0.05) is 26.3 Å². The number of hydrogen-bond acceptors (Lipinski definition) is 4. The predicted octanol–water partition coefficient (Wildman–Crippen LogP) is 0.946. The topological polar surface area (TPSA) is 72.6 Å². The molecule has 0 amide bonds. The number of nitrogens with zero attached hydrogens (tertiary/aromatic N) is 1. The number of ether oxygens (including phenoxy) is 1. The molecule has 1 fully saturated rings. The van der Waals surface area contributed by atoms with Crippen LogP contribution in [0.4, 0.5) is 0 Å². The molecular formula is C12H26N2O3S. The Morgan fingerprint density at radius 2 is 1.94 bits per heavy atom. The molecule has 1 aliphatic rings. The molecule has 0 unspecified atom stereocenters. The molecule has 5 nitrogen and oxygen atoms in total. The lowest BCUT2D eigenvalue weighted by Gasteiger charge is -2.28. The highest BCUT2D eigenvalue weighted by atomic mass is 32.2. The van der Waals surface area contributed by atoms with Gasteiger partial charge in [0.15, 0.2) is 0 Å². The van der Waals surface area contributed by atoms with Gasteiger partial charge in [0.25, 0.3) is 0 Å². The number of nitrogens with two attached hydrogens (primary N) is 1. The Morgan fingerprint density at radius 3 is 2.50 bits per heavy atom. The molecule has 6 heteroatoms. The van der Waals surface area contributed by atoms with Crippen molar-refractivity contribution in [2.24, 2.45) is 5.73 Å². The van der Waals surface area contributed by atoms with Gasteiger partial charge in [0.1, 0.15) is 0 Å². The number of rotatable bonds is 9. The maximum Gasteiger partial charge on any atom is 0.214 e. The van der Waals surface area contributed by atoms with Crippen molar-refractivity contribution in [2.75, 3.05) is 32.6 Å². The van der Waals surface area contributed by atoms with Gasteiger partial charge in [-0.2, -0.15) is 4.31 Å². The summed E-state index contributed by atoms with van der Waals surface area (Å²) in [5.74, 6) is 0.182. The van der Waals surface area contributed by atoms with Gasteiger partial charge in [-0.25, -0.2) is 8.42 Å². The van der Waals surface area contributed by atoms with E-state index in [2.05, 4.69) is 0 Å². The third-order valence-corrected chi connectivity index (χ3v) is 5.42. The van der Waals surface area contributed by atoms with E-state index in [9.17, 15) is 8.42 Å². The summed E-state index contributed by atoms with van der Waals surface area (Å²) in [4.78, 5) is 0. The molecule has 1 saturated carbocycles. The van der Waals surface area contributed by atoms with Gasteiger partial charge in [-0.05, 0) is 32.2 Å². The number of hydrogen-bond donors (Lipinski definition) is 1. The molecule has 1 aliphatic carbocycles. The Morgan fingerprint density at radius 1 is 1.28 bits per heavy atom. The van der Waals surface area contributed by atoms with Crippen LogP contribution in [0, 0.1) is 0 Å². The van der Waals surface area contributed by atoms with Crippen LogP contribution in [0.3, 0.4) is 0 Å². The Kier molecular flexibility index (Phi) is 7.14. The second-order valence-electron chi connectivity index (χ2n) is 4.85. The second kappa shape index (κ2) is 8.09. The summed E-state index contributed by atoms with van der Waals surface area (Å²) in [6.07, 6.45) is 5.56. The molecule has 0 atom stereocenters. The standard InChI is InChI=1S/C12H26N2O3S/c1-17-10-5-11-18(15,16)14(9-4-8-13)12-6-2-3-7-12/h12H,2-11,13H2,1H3. The molecule has 0 aromatic carbocycles. The van der Waals surface area contributed by atoms with Crippen LogP contribution in [0.1, 0.15) is 38.5 Å². The SMILES string of the molecule is COCCCS(=O)(=O)N(CCCN)C1CCCC1. The molecule has 2 N–H and O–H groups in total. The molecule has 108 valence electrons. The summed E-state index contributed by atoms with van der Waals surface area (Å²) in [6, 6.07) is 0.198. The summed E-state index contributed by atoms with van der Waals surface area (Å²) in [5.41, 5.74) is 5.50. The molecule has 0 bridgehead atoms. The van der Waals surface area contributed by atoms with Crippen molar-refractivity contribution in [3.63, 3.8) is 0 Å². The smallest absolute Gasteiger partial charge is 0.214 e. The molecule has 0 aromatic heterocycles. The quantitative estimate of drug-likeness (QED) is 0.637. The highest BCUT2D eigenvalue weighted by Crippen LogP contribution is 2.26. The van der Waals surface area contributed by atoms with E-state index in [-0.39, 0.29) is 11.8 Å². The fourth-order valence-electron chi connectivity index (χ4n) is 2.49. The van der Waals surface area contributed by atoms with Crippen molar-refractivity contribution in [1.82, 2.24) is 4.31 Å². The lowest BCUT2D eigenvalue weighted by molar-refractivity contribution is 0.199. The van der Waals surface area contributed by atoms with E-state index in [0.717, 1.165) is 32.1 Å². The van der Waals surface area contributed by atoms with Crippen LogP contribution < -0.4 is 5.73 Å². The Balaban J connectivity index is 2.61. The minimum atomic E-state index is -3.15. The summed E-state index contributed by atoms with van der Waals surface area (Å²) >= 11 is 0. The predicted molar refractivity (Wildman–Crippen MR) is 72.9 cm³/mol. The average molecular weight is 278 g/mol. The number of sulfonamides is 1. The van der Waals surface area contributed by atoms with Gasteiger partial charge in [0.05, 0.1) is 5.75 Å². The van der Waals surface area contributed by atoms with Gasteiger partial charge >= 0.3 is 0 Å². The average Bonchev–Trinajstić information content (AvgIpc) is 2.83. The molecule has 0 heterocycles. The van der Waals surface area contributed by atoms with E-state index in [0.29, 0.717) is 26.1 Å². The van der Waals surface area contributed by atoms with Crippen LogP contribution in [0.2, 0.25) is 0 Å². The molecular weight excluding hydrogens is 252 g/mol. The van der Waals surface area contributed by atoms with Crippen molar-refractivity contribution in [3.8, 4) is 0 Å². The van der Waals surface area contributed by atoms with Gasteiger partial charge < -0.3 is 10.5 Å². The highest BCUT2D eigenvalue weighted by molar-refractivity contribution is 7.89. The third kappa shape index (κ3) is 4.84. The minimum absolute atomic E-state index is 0.182. The maximum atomic E-state index is 12.3. The van der Waals surface area contributed by atoms with Gasteiger partial charge in [-0.1, -0.05) is 12.8 Å². The first kappa shape index (κ1) is 15.9. The van der Waals surface area contributed by atoms with Crippen LogP contribution in [-0.4, -0.2) is 51.3 Å². The van der Waals surface area contributed by atoms with Gasteiger partial charge in [0.2, 0.25) is 10.0 Å². The van der Waals surface area contributed by atoms with Crippen LogP contribution in [0.15, 0.2) is 0 Å². The fourth-order valence-corrected chi connectivity index (χ4v) is 4.28. The Bertz CT molecular complexity index is 313. The van der Waals surface area contributed by atoms with E-state index in [1.807, 2.05) is 0 Å². The van der Waals surface area contributed by atoms with Crippen molar-refractivity contribution in [2.45, 2.75) is 44.6 Å². The van der Waals surface area contributed by atoms with Crippen molar-refractivity contribution < 1.29 is 13.2 Å². The molecule has 0 radical (unpaired) electrons. The molecule has 1 rings (SSSR count). The van der Waals surface area contributed by atoms with E-state index in [1.165, 1.54) is 0 Å². The van der Waals surface area contributed by atoms with E-state index in [4.69, 9.17) is 10.5 Å². The molecule has 18 heavy (non-hydrogen) atoms. The molecule has 0 saturated heterocycles. The van der Waals surface area contributed by atoms with Crippen molar-refractivity contribution >= 4 is 10.0 Å². The fraction of sp³-hybridized carbons (Fsp3) is 1.00. The van der Waals surface area contributed by atoms with Gasteiger partial charge in [-0.3, -0.25) is 0 Å². The lowest BCUT2D eigenvalue weighted by Crippen LogP contribution is -2.41. The van der Waals surface area contributed by atoms with Crippen molar-refractivity contribution in [1.29, 1.82) is 0 Å². The zero-order valence-electron chi connectivity index (χ0n) is 11.3. The van der Waals surface area contributed by atoms with E-state index >= 15 is 0 Å². The molecule has 0 spiro atoms. The zero-order chi connectivity index (χ0) is 13.4. The first-order chi connectivity index (χ1) is 8.61. The van der Waals surface area contributed by atoms with E-state index in [1.54, 1.807) is 11.4 Å². The van der Waals surface area contributed by atoms with E-state index < -0.39 is 10.0 Å². The summed E-state index contributed by atoms with van der Waals surface area (Å²) in [6.45, 7) is 1.60. The Hall–Kier alpha value is -0.170. The largest absolute Gasteiger partial charge is 0.385 e. The normalized spacial score (nSPS) is 17.7. The van der Waals surface area contributed by atoms with Gasteiger partial charge in [-0.15, -0.1) is 0 Å². The van der Waals surface area contributed by atoms with Crippen LogP contribution >= 0.6 is 0 Å². The Labute approximate surface area is 111 Å². The molecule has 0 aromatic rings. The first-order valence-electron chi connectivity index (χ1n) is 6.80. The third-order valence-electron chi connectivity index (χ3n) is 3.42. The highest BCUT2D eigenvalue weighted by Gasteiger charge is 2.30. The lowest BCUT2D eigenvalue weighted by atomic mass is 10.2. The van der Waals surface area contributed by atoms with Crippen molar-refractivity contribution in [3.05, 3.63) is 0 Å². The maximum absolute atomic E-state index is 12.3. The zero-order valence-corrected chi connectivity index (χ0v) is 12.1. The van der Waals surface area contributed by atoms with Crippen LogP contribution in [0.5, 0.6) is 0 Å². The monoisotopic (exact) mass is 278 g/mol.